The first-order valence-corrected chi connectivity index (χ1v) is 6.27. The zero-order valence-corrected chi connectivity index (χ0v) is 11.5. The molecule has 0 radical (unpaired) electrons. The number of benzene rings is 2. The summed E-state index contributed by atoms with van der Waals surface area (Å²) in [5.74, 6) is 0.718. The second kappa shape index (κ2) is 6.10. The zero-order chi connectivity index (χ0) is 14.5. The van der Waals surface area contributed by atoms with Gasteiger partial charge >= 0.3 is 0 Å². The summed E-state index contributed by atoms with van der Waals surface area (Å²) in [5, 5.41) is 9.41. The van der Waals surface area contributed by atoms with E-state index in [1.807, 2.05) is 24.3 Å². The Kier molecular flexibility index (Phi) is 4.25. The van der Waals surface area contributed by atoms with Crippen LogP contribution in [-0.4, -0.2) is 30.1 Å². The summed E-state index contributed by atoms with van der Waals surface area (Å²) in [6.07, 6.45) is 0. The van der Waals surface area contributed by atoms with Crippen molar-refractivity contribution < 1.29 is 14.6 Å². The Labute approximate surface area is 118 Å². The van der Waals surface area contributed by atoms with Crippen molar-refractivity contribution in [1.29, 1.82) is 0 Å². The van der Waals surface area contributed by atoms with Crippen molar-refractivity contribution >= 4 is 5.91 Å². The molecule has 0 unspecified atom stereocenters. The lowest BCUT2D eigenvalue weighted by Gasteiger charge is -2.17. The Morgan fingerprint density at radius 1 is 1.20 bits per heavy atom. The smallest absolute Gasteiger partial charge is 0.254 e. The lowest BCUT2D eigenvalue weighted by atomic mass is 10.1. The van der Waals surface area contributed by atoms with E-state index < -0.39 is 0 Å². The van der Waals surface area contributed by atoms with Gasteiger partial charge in [0.25, 0.3) is 5.91 Å². The molecule has 0 aliphatic heterocycles. The Balaban J connectivity index is 2.11. The fourth-order valence-electron chi connectivity index (χ4n) is 1.98. The molecule has 0 fully saturated rings. The molecule has 4 heteroatoms. The summed E-state index contributed by atoms with van der Waals surface area (Å²) >= 11 is 0. The fraction of sp³-hybridized carbons (Fsp3) is 0.188. The average Bonchev–Trinajstić information content (AvgIpc) is 2.46. The van der Waals surface area contributed by atoms with Gasteiger partial charge in [-0.3, -0.25) is 4.79 Å². The van der Waals surface area contributed by atoms with Crippen LogP contribution in [0.25, 0.3) is 0 Å². The molecule has 0 heterocycles. The molecule has 0 aromatic heterocycles. The number of nitrogens with zero attached hydrogens (tertiary/aromatic N) is 1. The Hall–Kier alpha value is -2.49. The highest BCUT2D eigenvalue weighted by molar-refractivity contribution is 5.94. The number of phenols is 1. The van der Waals surface area contributed by atoms with Crippen LogP contribution in [0.5, 0.6) is 11.5 Å². The van der Waals surface area contributed by atoms with E-state index in [-0.39, 0.29) is 11.7 Å². The number of aromatic hydroxyl groups is 1. The Bertz CT molecular complexity index is 610. The summed E-state index contributed by atoms with van der Waals surface area (Å²) in [6.45, 7) is 0.478. The molecule has 0 saturated heterocycles. The second-order valence-electron chi connectivity index (χ2n) is 4.56. The lowest BCUT2D eigenvalue weighted by Crippen LogP contribution is -2.26. The maximum Gasteiger partial charge on any atom is 0.254 e. The first kappa shape index (κ1) is 13.9. The minimum atomic E-state index is -0.135. The summed E-state index contributed by atoms with van der Waals surface area (Å²) in [6, 6.07) is 13.9. The first-order chi connectivity index (χ1) is 9.60. The van der Waals surface area contributed by atoms with Crippen LogP contribution in [0, 0.1) is 0 Å². The fourth-order valence-corrected chi connectivity index (χ4v) is 1.98. The van der Waals surface area contributed by atoms with Gasteiger partial charge < -0.3 is 14.7 Å². The van der Waals surface area contributed by atoms with Crippen molar-refractivity contribution in [2.24, 2.45) is 0 Å². The third kappa shape index (κ3) is 3.29. The maximum atomic E-state index is 12.2. The monoisotopic (exact) mass is 271 g/mol. The number of phenolic OH excluding ortho intramolecular Hbond substituents is 1. The third-order valence-corrected chi connectivity index (χ3v) is 2.99. The molecule has 2 aromatic rings. The molecule has 0 saturated carbocycles. The highest BCUT2D eigenvalue weighted by Gasteiger charge is 2.12. The molecule has 1 N–H and O–H groups in total. The van der Waals surface area contributed by atoms with E-state index in [1.54, 1.807) is 37.3 Å². The minimum absolute atomic E-state index is 0.0885. The van der Waals surface area contributed by atoms with Crippen LogP contribution in [0.15, 0.2) is 48.5 Å². The quantitative estimate of drug-likeness (QED) is 0.930. The number of methoxy groups -OCH3 is 1. The molecule has 0 aliphatic carbocycles. The summed E-state index contributed by atoms with van der Waals surface area (Å²) in [5.41, 5.74) is 1.45. The lowest BCUT2D eigenvalue weighted by molar-refractivity contribution is 0.0784. The van der Waals surface area contributed by atoms with Crippen LogP contribution in [0.4, 0.5) is 0 Å². The molecule has 0 atom stereocenters. The van der Waals surface area contributed by atoms with E-state index in [4.69, 9.17) is 4.74 Å². The van der Waals surface area contributed by atoms with E-state index in [9.17, 15) is 9.90 Å². The summed E-state index contributed by atoms with van der Waals surface area (Å²) in [4.78, 5) is 13.8. The minimum Gasteiger partial charge on any atom is -0.508 e. The number of hydrogen-bond acceptors (Lipinski definition) is 3. The van der Waals surface area contributed by atoms with Crippen molar-refractivity contribution in [1.82, 2.24) is 4.90 Å². The molecule has 2 aromatic carbocycles. The molecule has 0 bridgehead atoms. The number of ether oxygens (including phenoxy) is 1. The molecular weight excluding hydrogens is 254 g/mol. The molecule has 2 rings (SSSR count). The molecule has 0 aliphatic rings. The van der Waals surface area contributed by atoms with Crippen molar-refractivity contribution in [3.63, 3.8) is 0 Å². The van der Waals surface area contributed by atoms with Gasteiger partial charge in [0.15, 0.2) is 0 Å². The van der Waals surface area contributed by atoms with Gasteiger partial charge in [-0.05, 0) is 35.9 Å². The van der Waals surface area contributed by atoms with Gasteiger partial charge in [0.1, 0.15) is 11.5 Å². The normalized spacial score (nSPS) is 10.1. The van der Waals surface area contributed by atoms with Gasteiger partial charge in [-0.25, -0.2) is 0 Å². The van der Waals surface area contributed by atoms with Crippen LogP contribution in [0.1, 0.15) is 15.9 Å². The largest absolute Gasteiger partial charge is 0.508 e. The van der Waals surface area contributed by atoms with Gasteiger partial charge in [0, 0.05) is 19.2 Å². The molecular formula is C16H17NO3. The van der Waals surface area contributed by atoms with Crippen molar-refractivity contribution in [3.05, 3.63) is 59.7 Å². The number of amides is 1. The molecule has 4 nitrogen and oxygen atoms in total. The Morgan fingerprint density at radius 3 is 2.65 bits per heavy atom. The van der Waals surface area contributed by atoms with Gasteiger partial charge in [-0.1, -0.05) is 18.2 Å². The van der Waals surface area contributed by atoms with E-state index in [0.29, 0.717) is 12.1 Å². The summed E-state index contributed by atoms with van der Waals surface area (Å²) in [7, 11) is 3.34. The van der Waals surface area contributed by atoms with Crippen molar-refractivity contribution in [3.8, 4) is 11.5 Å². The predicted molar refractivity (Wildman–Crippen MR) is 76.9 cm³/mol. The van der Waals surface area contributed by atoms with E-state index >= 15 is 0 Å². The van der Waals surface area contributed by atoms with Gasteiger partial charge in [0.2, 0.25) is 0 Å². The number of carbonyl (C=O) groups excluding carboxylic acids is 1. The van der Waals surface area contributed by atoms with Gasteiger partial charge in [0.05, 0.1) is 7.11 Å². The number of hydrogen-bond donors (Lipinski definition) is 1. The highest BCUT2D eigenvalue weighted by Crippen LogP contribution is 2.16. The molecule has 0 spiro atoms. The predicted octanol–water partition coefficient (Wildman–Crippen LogP) is 2.67. The highest BCUT2D eigenvalue weighted by atomic mass is 16.5. The van der Waals surface area contributed by atoms with Gasteiger partial charge in [-0.2, -0.15) is 0 Å². The molecule has 20 heavy (non-hydrogen) atoms. The standard InChI is InChI=1S/C16H17NO3/c1-17(11-12-5-3-8-15(9-12)20-2)16(19)13-6-4-7-14(18)10-13/h3-10,18H,11H2,1-2H3. The van der Waals surface area contributed by atoms with Crippen LogP contribution < -0.4 is 4.74 Å². The number of rotatable bonds is 4. The van der Waals surface area contributed by atoms with Crippen LogP contribution in [0.2, 0.25) is 0 Å². The van der Waals surface area contributed by atoms with E-state index in [0.717, 1.165) is 11.3 Å². The van der Waals surface area contributed by atoms with E-state index in [2.05, 4.69) is 0 Å². The number of carbonyl (C=O) groups is 1. The molecule has 1 amide bonds. The second-order valence-corrected chi connectivity index (χ2v) is 4.56. The van der Waals surface area contributed by atoms with Crippen LogP contribution >= 0.6 is 0 Å². The van der Waals surface area contributed by atoms with Crippen molar-refractivity contribution in [2.45, 2.75) is 6.54 Å². The molecule has 104 valence electrons. The van der Waals surface area contributed by atoms with Crippen molar-refractivity contribution in [2.75, 3.05) is 14.2 Å². The zero-order valence-electron chi connectivity index (χ0n) is 11.5. The topological polar surface area (TPSA) is 49.8 Å². The van der Waals surface area contributed by atoms with E-state index in [1.165, 1.54) is 6.07 Å². The average molecular weight is 271 g/mol. The Morgan fingerprint density at radius 2 is 1.95 bits per heavy atom. The van der Waals surface area contributed by atoms with Gasteiger partial charge in [-0.15, -0.1) is 0 Å². The van der Waals surface area contributed by atoms with Crippen LogP contribution in [-0.2, 0) is 6.54 Å². The third-order valence-electron chi connectivity index (χ3n) is 2.99. The van der Waals surface area contributed by atoms with Crippen LogP contribution in [0.3, 0.4) is 0 Å². The SMILES string of the molecule is COc1cccc(CN(C)C(=O)c2cccc(O)c2)c1. The summed E-state index contributed by atoms with van der Waals surface area (Å²) < 4.78 is 5.16. The first-order valence-electron chi connectivity index (χ1n) is 6.27. The maximum absolute atomic E-state index is 12.2.